The Balaban J connectivity index is 2.23. The lowest BCUT2D eigenvalue weighted by Crippen LogP contribution is -2.67. The number of nitrogens with zero attached hydrogens (tertiary/aromatic N) is 1. The number of carbonyl (C=O) groups excluding carboxylic acids is 2. The molecule has 2 rings (SSSR count). The number of hydrogen-bond acceptors (Lipinski definition) is 5. The van der Waals surface area contributed by atoms with Crippen LogP contribution in [0.15, 0.2) is 0 Å². The van der Waals surface area contributed by atoms with Crippen LogP contribution in [-0.4, -0.2) is 52.3 Å². The fourth-order valence-electron chi connectivity index (χ4n) is 4.61. The fraction of sp³-hybridized carbons (Fsp3) is 0.889. The van der Waals surface area contributed by atoms with E-state index in [9.17, 15) is 9.59 Å². The van der Waals surface area contributed by atoms with Crippen molar-refractivity contribution in [3.8, 4) is 0 Å². The van der Waals surface area contributed by atoms with Gasteiger partial charge in [-0.15, -0.1) is 0 Å². The van der Waals surface area contributed by atoms with Gasteiger partial charge in [-0.1, -0.05) is 6.92 Å². The summed E-state index contributed by atoms with van der Waals surface area (Å²) < 4.78 is 11.5. The van der Waals surface area contributed by atoms with E-state index in [1.807, 2.05) is 13.8 Å². The van der Waals surface area contributed by atoms with E-state index in [1.165, 1.54) is 6.92 Å². The highest BCUT2D eigenvalue weighted by molar-refractivity contribution is 5.88. The second-order valence-corrected chi connectivity index (χ2v) is 8.60. The maximum Gasteiger partial charge on any atom is 0.302 e. The molecule has 2 aliphatic heterocycles. The Hall–Kier alpha value is -1.14. The Bertz CT molecular complexity index is 511. The molecule has 1 N–H and O–H groups in total. The highest BCUT2D eigenvalue weighted by Crippen LogP contribution is 2.49. The van der Waals surface area contributed by atoms with Gasteiger partial charge < -0.3 is 14.8 Å². The molecule has 2 aliphatic rings. The Morgan fingerprint density at radius 3 is 2.17 bits per heavy atom. The predicted molar refractivity (Wildman–Crippen MR) is 91.4 cm³/mol. The van der Waals surface area contributed by atoms with Crippen LogP contribution in [-0.2, 0) is 19.1 Å². The quantitative estimate of drug-likeness (QED) is 0.795. The Morgan fingerprint density at radius 2 is 1.75 bits per heavy atom. The van der Waals surface area contributed by atoms with Crippen molar-refractivity contribution in [1.29, 1.82) is 0 Å². The molecule has 0 aromatic rings. The van der Waals surface area contributed by atoms with Crippen molar-refractivity contribution < 1.29 is 19.1 Å². The molecule has 0 saturated carbocycles. The third-order valence-corrected chi connectivity index (χ3v) is 5.41. The molecule has 6 heteroatoms. The van der Waals surface area contributed by atoms with Gasteiger partial charge in [-0.05, 0) is 41.0 Å². The van der Waals surface area contributed by atoms with Gasteiger partial charge in [-0.25, -0.2) is 0 Å². The fourth-order valence-corrected chi connectivity index (χ4v) is 4.61. The second-order valence-electron chi connectivity index (χ2n) is 8.60. The molecule has 1 atom stereocenters. The summed E-state index contributed by atoms with van der Waals surface area (Å²) in [6.07, 6.45) is 1.97. The summed E-state index contributed by atoms with van der Waals surface area (Å²) in [6, 6.07) is 0. The normalized spacial score (nSPS) is 31.0. The molecule has 1 amide bonds. The van der Waals surface area contributed by atoms with Crippen molar-refractivity contribution in [2.75, 3.05) is 13.2 Å². The molecule has 6 nitrogen and oxygen atoms in total. The molecule has 24 heavy (non-hydrogen) atoms. The number of piperidine rings is 1. The van der Waals surface area contributed by atoms with Gasteiger partial charge in [0.25, 0.3) is 5.91 Å². The number of esters is 1. The maximum atomic E-state index is 12.8. The van der Waals surface area contributed by atoms with Crippen molar-refractivity contribution in [1.82, 2.24) is 10.2 Å². The SMILES string of the molecule is CCC1(C)NC(=O)C2(CC(C)(C)N(CCOC(C)=O)C(C)(C)C2)O1. The van der Waals surface area contributed by atoms with E-state index in [0.717, 1.165) is 6.42 Å². The van der Waals surface area contributed by atoms with Crippen LogP contribution in [0.1, 0.15) is 67.7 Å². The van der Waals surface area contributed by atoms with Gasteiger partial charge in [0.1, 0.15) is 12.3 Å². The highest BCUT2D eigenvalue weighted by Gasteiger charge is 2.61. The zero-order chi connectivity index (χ0) is 18.4. The van der Waals surface area contributed by atoms with Crippen LogP contribution in [0.5, 0.6) is 0 Å². The van der Waals surface area contributed by atoms with Crippen LogP contribution in [0.25, 0.3) is 0 Å². The van der Waals surface area contributed by atoms with E-state index in [4.69, 9.17) is 9.47 Å². The molecule has 138 valence electrons. The van der Waals surface area contributed by atoms with Crippen molar-refractivity contribution in [2.45, 2.75) is 90.1 Å². The molecule has 0 aliphatic carbocycles. The first-order valence-corrected chi connectivity index (χ1v) is 8.80. The topological polar surface area (TPSA) is 67.9 Å². The van der Waals surface area contributed by atoms with Crippen molar-refractivity contribution in [3.63, 3.8) is 0 Å². The largest absolute Gasteiger partial charge is 0.465 e. The summed E-state index contributed by atoms with van der Waals surface area (Å²) in [7, 11) is 0. The predicted octanol–water partition coefficient (Wildman–Crippen LogP) is 2.21. The first-order valence-electron chi connectivity index (χ1n) is 8.80. The van der Waals surface area contributed by atoms with E-state index >= 15 is 0 Å². The summed E-state index contributed by atoms with van der Waals surface area (Å²) in [5.74, 6) is -0.274. The maximum absolute atomic E-state index is 12.8. The number of hydrogen-bond donors (Lipinski definition) is 1. The zero-order valence-corrected chi connectivity index (χ0v) is 16.1. The van der Waals surface area contributed by atoms with Gasteiger partial charge in [-0.3, -0.25) is 14.5 Å². The summed E-state index contributed by atoms with van der Waals surface area (Å²) >= 11 is 0. The van der Waals surface area contributed by atoms with Crippen LogP contribution in [0.2, 0.25) is 0 Å². The number of likely N-dealkylation sites (tertiary alicyclic amines) is 1. The third-order valence-electron chi connectivity index (χ3n) is 5.41. The number of amides is 1. The zero-order valence-electron chi connectivity index (χ0n) is 16.1. The average molecular weight is 340 g/mol. The van der Waals surface area contributed by atoms with Crippen LogP contribution < -0.4 is 5.32 Å². The number of nitrogens with one attached hydrogen (secondary N) is 1. The Kier molecular flexibility index (Phi) is 4.79. The van der Waals surface area contributed by atoms with E-state index in [1.54, 1.807) is 0 Å². The van der Waals surface area contributed by atoms with Crippen LogP contribution >= 0.6 is 0 Å². The summed E-state index contributed by atoms with van der Waals surface area (Å²) in [5.41, 5.74) is -1.89. The minimum absolute atomic E-state index is 0.00682. The molecule has 1 spiro atoms. The molecule has 0 aromatic heterocycles. The first-order chi connectivity index (χ1) is 10.9. The van der Waals surface area contributed by atoms with Crippen molar-refractivity contribution in [2.24, 2.45) is 0 Å². The Morgan fingerprint density at radius 1 is 1.21 bits per heavy atom. The van der Waals surface area contributed by atoms with Gasteiger partial charge in [-0.2, -0.15) is 0 Å². The molecule has 2 saturated heterocycles. The second kappa shape index (κ2) is 5.99. The third kappa shape index (κ3) is 3.45. The van der Waals surface area contributed by atoms with E-state index in [-0.39, 0.29) is 23.0 Å². The minimum Gasteiger partial charge on any atom is -0.465 e. The molecule has 1 unspecified atom stereocenters. The smallest absolute Gasteiger partial charge is 0.302 e. The monoisotopic (exact) mass is 340 g/mol. The molecular weight excluding hydrogens is 308 g/mol. The van der Waals surface area contributed by atoms with Crippen LogP contribution in [0, 0.1) is 0 Å². The minimum atomic E-state index is -0.796. The first kappa shape index (κ1) is 19.2. The lowest BCUT2D eigenvalue weighted by Gasteiger charge is -2.57. The van der Waals surface area contributed by atoms with Gasteiger partial charge in [0.05, 0.1) is 0 Å². The molecule has 2 heterocycles. The van der Waals surface area contributed by atoms with Crippen molar-refractivity contribution >= 4 is 11.9 Å². The number of rotatable bonds is 4. The lowest BCUT2D eigenvalue weighted by atomic mass is 9.70. The highest BCUT2D eigenvalue weighted by atomic mass is 16.6. The van der Waals surface area contributed by atoms with E-state index in [0.29, 0.717) is 26.0 Å². The van der Waals surface area contributed by atoms with Gasteiger partial charge in [0.15, 0.2) is 5.60 Å². The summed E-state index contributed by atoms with van der Waals surface area (Å²) in [4.78, 5) is 26.2. The summed E-state index contributed by atoms with van der Waals surface area (Å²) in [6.45, 7) is 14.9. The molecule has 0 radical (unpaired) electrons. The standard InChI is InChI=1S/C18H32N2O4/c1-8-17(7)19-14(22)18(24-17)11-15(3,4)20(16(5,6)12-18)9-10-23-13(2)21/h8-12H2,1-7H3,(H,19,22). The van der Waals surface area contributed by atoms with Crippen LogP contribution in [0.4, 0.5) is 0 Å². The average Bonchev–Trinajstić information content (AvgIpc) is 2.62. The molecular formula is C18H32N2O4. The van der Waals surface area contributed by atoms with Gasteiger partial charge >= 0.3 is 5.97 Å². The van der Waals surface area contributed by atoms with Crippen molar-refractivity contribution in [3.05, 3.63) is 0 Å². The molecule has 2 fully saturated rings. The Labute approximate surface area is 145 Å². The lowest BCUT2D eigenvalue weighted by molar-refractivity contribution is -0.187. The molecule has 0 aromatic carbocycles. The van der Waals surface area contributed by atoms with Crippen LogP contribution in [0.3, 0.4) is 0 Å². The number of carbonyl (C=O) groups is 2. The van der Waals surface area contributed by atoms with E-state index < -0.39 is 11.3 Å². The summed E-state index contributed by atoms with van der Waals surface area (Å²) in [5, 5.41) is 3.04. The number of ether oxygens (including phenoxy) is 2. The van der Waals surface area contributed by atoms with Gasteiger partial charge in [0.2, 0.25) is 0 Å². The van der Waals surface area contributed by atoms with E-state index in [2.05, 4.69) is 37.9 Å². The van der Waals surface area contributed by atoms with Gasteiger partial charge in [0, 0.05) is 37.4 Å². The molecule has 0 bridgehead atoms.